The molecule has 1 atom stereocenters. The number of benzene rings is 1. The van der Waals surface area contributed by atoms with E-state index >= 15 is 0 Å². The summed E-state index contributed by atoms with van der Waals surface area (Å²) >= 11 is 0. The fourth-order valence-corrected chi connectivity index (χ4v) is 10.2. The van der Waals surface area contributed by atoms with Gasteiger partial charge in [-0.15, -0.1) is 0 Å². The van der Waals surface area contributed by atoms with Crippen molar-refractivity contribution in [2.45, 2.75) is 88.8 Å². The van der Waals surface area contributed by atoms with Gasteiger partial charge in [-0.25, -0.2) is 23.3 Å². The number of imide groups is 1. The molecule has 1 aliphatic carbocycles. The maximum Gasteiger partial charge on any atom is 0.284 e. The van der Waals surface area contributed by atoms with Crippen LogP contribution in [0.15, 0.2) is 61.2 Å². The molecule has 1 aromatic carbocycles. The van der Waals surface area contributed by atoms with Crippen LogP contribution in [-0.4, -0.2) is 115 Å². The molecule has 2 N–H and O–H groups in total. The zero-order valence-electron chi connectivity index (χ0n) is 35.7. The molecule has 3 amide bonds. The minimum Gasteiger partial charge on any atom is -0.378 e. The van der Waals surface area contributed by atoms with Gasteiger partial charge in [-0.1, -0.05) is 18.2 Å². The van der Waals surface area contributed by atoms with Crippen LogP contribution >= 0.6 is 0 Å². The number of halogens is 2. The second-order valence-electron chi connectivity index (χ2n) is 17.5. The number of carbonyl (C=O) groups excluding carboxylic acids is 3. The van der Waals surface area contributed by atoms with Gasteiger partial charge in [0, 0.05) is 75.1 Å². The number of anilines is 2. The number of likely N-dealkylation sites (tertiary alicyclic amines) is 1. The summed E-state index contributed by atoms with van der Waals surface area (Å²) in [5.41, 5.74) is 2.98. The molecule has 0 radical (unpaired) electrons. The fraction of sp³-hybridized carbons (Fsp3) is 0.500. The average Bonchev–Trinajstić information content (AvgIpc) is 4.03. The summed E-state index contributed by atoms with van der Waals surface area (Å²) in [6.07, 6.45) is 11.9. The first-order chi connectivity index (χ1) is 31.3. The molecule has 10 rings (SSSR count). The molecule has 4 fully saturated rings. The van der Waals surface area contributed by atoms with E-state index in [1.165, 1.54) is 16.3 Å². The third kappa shape index (κ3) is 8.57. The van der Waals surface area contributed by atoms with Crippen LogP contribution < -0.4 is 15.5 Å². The number of hydrogen-bond acceptors (Lipinski definition) is 11. The summed E-state index contributed by atoms with van der Waals surface area (Å²) < 4.78 is 45.6. The lowest BCUT2D eigenvalue weighted by atomic mass is 9.85. The van der Waals surface area contributed by atoms with Crippen molar-refractivity contribution in [3.05, 3.63) is 78.0 Å². The smallest absolute Gasteiger partial charge is 0.284 e. The molecule has 64 heavy (non-hydrogen) atoms. The Labute approximate surface area is 368 Å². The summed E-state index contributed by atoms with van der Waals surface area (Å²) in [6.45, 7) is 6.16. The second-order valence-corrected chi connectivity index (χ2v) is 17.5. The van der Waals surface area contributed by atoms with Crippen LogP contribution in [0.4, 0.5) is 20.3 Å². The van der Waals surface area contributed by atoms with E-state index in [2.05, 4.69) is 47.7 Å². The minimum absolute atomic E-state index is 0.000850. The predicted octanol–water partition coefficient (Wildman–Crippen LogP) is 6.28. The van der Waals surface area contributed by atoms with E-state index < -0.39 is 24.1 Å². The molecule has 5 aromatic heterocycles. The number of aromatic nitrogens is 7. The maximum absolute atomic E-state index is 14.3. The zero-order valence-corrected chi connectivity index (χ0v) is 35.7. The Hall–Kier alpha value is -5.85. The molecule has 0 spiro atoms. The number of pyridine rings is 1. The van der Waals surface area contributed by atoms with Crippen molar-refractivity contribution < 1.29 is 32.6 Å². The largest absolute Gasteiger partial charge is 0.378 e. The van der Waals surface area contributed by atoms with Crippen LogP contribution in [0.3, 0.4) is 0 Å². The lowest BCUT2D eigenvalue weighted by Crippen LogP contribution is -2.41. The normalized spacial score (nSPS) is 21.7. The number of para-hydroxylation sites is 1. The third-order valence-corrected chi connectivity index (χ3v) is 13.5. The first-order valence-electron chi connectivity index (χ1n) is 22.7. The van der Waals surface area contributed by atoms with Gasteiger partial charge in [-0.05, 0) is 87.5 Å². The number of alkyl halides is 2. The summed E-state index contributed by atoms with van der Waals surface area (Å²) in [4.78, 5) is 52.3. The highest BCUT2D eigenvalue weighted by atomic mass is 19.3. The molecule has 6 aromatic rings. The van der Waals surface area contributed by atoms with Crippen molar-refractivity contribution >= 4 is 56.8 Å². The lowest BCUT2D eigenvalue weighted by Gasteiger charge is -2.36. The van der Waals surface area contributed by atoms with E-state index in [9.17, 15) is 23.2 Å². The molecular formula is C46H53F2N11O5. The van der Waals surface area contributed by atoms with Gasteiger partial charge in [-0.2, -0.15) is 10.2 Å². The topological polar surface area (TPSA) is 166 Å². The van der Waals surface area contributed by atoms with Gasteiger partial charge in [0.05, 0.1) is 42.8 Å². The number of amides is 3. The van der Waals surface area contributed by atoms with Gasteiger partial charge >= 0.3 is 0 Å². The third-order valence-electron chi connectivity index (χ3n) is 13.5. The number of nitrogens with zero attached hydrogens (tertiary/aromatic N) is 9. The van der Waals surface area contributed by atoms with Crippen LogP contribution in [0.5, 0.6) is 0 Å². The Kier molecular flexibility index (Phi) is 12.1. The quantitative estimate of drug-likeness (QED) is 0.0992. The number of aryl methyl sites for hydroxylation is 1. The highest BCUT2D eigenvalue weighted by Crippen LogP contribution is 2.37. The van der Waals surface area contributed by atoms with Crippen molar-refractivity contribution in [1.82, 2.24) is 44.1 Å². The summed E-state index contributed by atoms with van der Waals surface area (Å²) in [5.74, 6) is 0.128. The Morgan fingerprint density at radius 2 is 1.78 bits per heavy atom. The van der Waals surface area contributed by atoms with Crippen LogP contribution in [0.2, 0.25) is 0 Å². The number of rotatable bonds is 13. The molecular weight excluding hydrogens is 825 g/mol. The number of piperidine rings is 2. The number of ether oxygens (including phenoxy) is 2. The van der Waals surface area contributed by atoms with Crippen molar-refractivity contribution in [3.8, 4) is 0 Å². The van der Waals surface area contributed by atoms with Gasteiger partial charge in [0.15, 0.2) is 11.3 Å². The van der Waals surface area contributed by atoms with Crippen molar-refractivity contribution in [2.75, 3.05) is 62.8 Å². The fourth-order valence-electron chi connectivity index (χ4n) is 10.2. The van der Waals surface area contributed by atoms with Crippen LogP contribution in [0, 0.1) is 5.92 Å². The number of hydrogen-bond donors (Lipinski definition) is 2. The molecule has 0 bridgehead atoms. The van der Waals surface area contributed by atoms with Crippen LogP contribution in [0.1, 0.15) is 97.9 Å². The van der Waals surface area contributed by atoms with Crippen LogP contribution in [-0.2, 0) is 25.5 Å². The van der Waals surface area contributed by atoms with E-state index in [-0.39, 0.29) is 35.2 Å². The van der Waals surface area contributed by atoms with E-state index in [4.69, 9.17) is 14.5 Å². The Bertz CT molecular complexity index is 2660. The standard InChI is InChI=1S/C46H53F2N11O5/c47-42(48)41-35(51-45(61)34-26-50-57-20-16-38(52-43(34)57)56-21-24-63-25-22-56)28-58(54-41)31-9-7-29(8-10-31)27-55-18-14-32(15-19-55)64-23-3-4-30-13-17-49-44-40(30)33-5-1-2-6-36(33)59(44)37-11-12-39(60)53-46(37)62/h1-2,5-6,13,16-17,20,26,28-29,31-32,37,42H,3-4,7-12,14-15,18-19,21-25,27H2,(H,51,61)(H,53,60,62)/t29-,31-,37?. The van der Waals surface area contributed by atoms with Gasteiger partial charge in [0.25, 0.3) is 12.3 Å². The first kappa shape index (κ1) is 42.1. The molecule has 16 nitrogen and oxygen atoms in total. The molecule has 3 saturated heterocycles. The zero-order chi connectivity index (χ0) is 43.7. The molecule has 4 aliphatic rings. The molecule has 1 unspecified atom stereocenters. The van der Waals surface area contributed by atoms with Gasteiger partial charge in [0.1, 0.15) is 23.1 Å². The van der Waals surface area contributed by atoms with Gasteiger partial charge < -0.3 is 29.2 Å². The Balaban J connectivity index is 0.690. The molecule has 336 valence electrons. The van der Waals surface area contributed by atoms with Gasteiger partial charge in [0.2, 0.25) is 11.8 Å². The molecule has 3 aliphatic heterocycles. The highest BCUT2D eigenvalue weighted by molar-refractivity contribution is 6.10. The van der Waals surface area contributed by atoms with Crippen molar-refractivity contribution in [1.29, 1.82) is 0 Å². The van der Waals surface area contributed by atoms with E-state index in [0.29, 0.717) is 63.1 Å². The monoisotopic (exact) mass is 877 g/mol. The van der Waals surface area contributed by atoms with Crippen molar-refractivity contribution in [2.24, 2.45) is 5.92 Å². The van der Waals surface area contributed by atoms with Crippen LogP contribution in [0.25, 0.3) is 27.6 Å². The molecule has 8 heterocycles. The number of nitrogens with one attached hydrogen (secondary N) is 2. The minimum atomic E-state index is -2.85. The number of morpholine rings is 1. The Morgan fingerprint density at radius 3 is 2.58 bits per heavy atom. The number of fused-ring (bicyclic) bond motifs is 4. The van der Waals surface area contributed by atoms with Gasteiger partial charge in [-0.3, -0.25) is 24.4 Å². The lowest BCUT2D eigenvalue weighted by molar-refractivity contribution is -0.135. The van der Waals surface area contributed by atoms with E-state index in [0.717, 1.165) is 92.9 Å². The Morgan fingerprint density at radius 1 is 0.969 bits per heavy atom. The first-order valence-corrected chi connectivity index (χ1v) is 22.7. The SMILES string of the molecule is O=C1CCC(n2c3ccccc3c3c(CCCOC4CCN(C[C@H]5CC[C@H](n6cc(NC(=O)c7cnn8ccc(N9CCOCC9)nc78)c(C(F)F)n6)CC5)CC4)ccnc32)C(=O)N1. The number of carbonyl (C=O) groups is 3. The maximum atomic E-state index is 14.3. The average molecular weight is 878 g/mol. The molecule has 18 heteroatoms. The summed E-state index contributed by atoms with van der Waals surface area (Å²) in [7, 11) is 0. The van der Waals surface area contributed by atoms with E-state index in [1.807, 2.05) is 35.0 Å². The molecule has 1 saturated carbocycles. The summed E-state index contributed by atoms with van der Waals surface area (Å²) in [5, 5.41) is 15.9. The van der Waals surface area contributed by atoms with Crippen molar-refractivity contribution in [3.63, 3.8) is 0 Å². The van der Waals surface area contributed by atoms with E-state index in [1.54, 1.807) is 17.1 Å². The predicted molar refractivity (Wildman–Crippen MR) is 235 cm³/mol. The second kappa shape index (κ2) is 18.3. The summed E-state index contributed by atoms with van der Waals surface area (Å²) in [6, 6.07) is 11.5. The highest BCUT2D eigenvalue weighted by Gasteiger charge is 2.32.